The summed E-state index contributed by atoms with van der Waals surface area (Å²) in [6.45, 7) is 0.245. The molecule has 3 aromatic carbocycles. The molecule has 4 nitrogen and oxygen atoms in total. The van der Waals surface area contributed by atoms with E-state index < -0.39 is 5.97 Å². The molecular weight excluding hydrogens is 376 g/mol. The number of hydrogen-bond donors (Lipinski definition) is 0. The third-order valence-corrected chi connectivity index (χ3v) is 4.23. The van der Waals surface area contributed by atoms with Crippen LogP contribution in [-0.2, 0) is 16.1 Å². The lowest BCUT2D eigenvalue weighted by Gasteiger charge is -2.09. The molecule has 1 aliphatic rings. The van der Waals surface area contributed by atoms with Crippen LogP contribution in [0.5, 0.6) is 5.75 Å². The zero-order chi connectivity index (χ0) is 20.2. The van der Waals surface area contributed by atoms with E-state index in [1.54, 1.807) is 30.3 Å². The lowest BCUT2D eigenvalue weighted by atomic mass is 10.1. The highest BCUT2D eigenvalue weighted by atomic mass is 19.1. The number of esters is 1. The molecule has 0 fully saturated rings. The monoisotopic (exact) mass is 391 g/mol. The van der Waals surface area contributed by atoms with Gasteiger partial charge in [0.2, 0.25) is 5.90 Å². The van der Waals surface area contributed by atoms with Gasteiger partial charge < -0.3 is 9.47 Å². The van der Waals surface area contributed by atoms with Gasteiger partial charge in [-0.15, -0.1) is 0 Å². The van der Waals surface area contributed by atoms with Crippen molar-refractivity contribution in [3.05, 3.63) is 107 Å². The Balaban J connectivity index is 1.56. The largest absolute Gasteiger partial charge is 0.488 e. The van der Waals surface area contributed by atoms with Crippen LogP contribution in [0.3, 0.4) is 0 Å². The summed E-state index contributed by atoms with van der Waals surface area (Å²) in [7, 11) is 0. The van der Waals surface area contributed by atoms with Crippen molar-refractivity contribution in [3.63, 3.8) is 0 Å². The number of carbonyl (C=O) groups is 1. The van der Waals surface area contributed by atoms with E-state index in [9.17, 15) is 13.6 Å². The van der Waals surface area contributed by atoms with E-state index >= 15 is 0 Å². The van der Waals surface area contributed by atoms with Gasteiger partial charge in [-0.2, -0.15) is 0 Å². The first-order valence-electron chi connectivity index (χ1n) is 8.83. The Morgan fingerprint density at radius 3 is 2.28 bits per heavy atom. The number of cyclic esters (lactones) is 1. The van der Waals surface area contributed by atoms with Gasteiger partial charge in [0.15, 0.2) is 5.70 Å². The number of hydrogen-bond acceptors (Lipinski definition) is 4. The zero-order valence-electron chi connectivity index (χ0n) is 15.1. The van der Waals surface area contributed by atoms with Crippen molar-refractivity contribution in [2.24, 2.45) is 4.99 Å². The van der Waals surface area contributed by atoms with Crippen LogP contribution in [0.2, 0.25) is 0 Å². The topological polar surface area (TPSA) is 47.9 Å². The molecule has 1 aliphatic heterocycles. The second-order valence-electron chi connectivity index (χ2n) is 6.30. The minimum Gasteiger partial charge on any atom is -0.488 e. The fourth-order valence-corrected chi connectivity index (χ4v) is 2.75. The molecule has 3 aromatic rings. The Morgan fingerprint density at radius 1 is 0.897 bits per heavy atom. The minimum atomic E-state index is -0.599. The van der Waals surface area contributed by atoms with Crippen LogP contribution in [0.15, 0.2) is 83.5 Å². The Kier molecular flexibility index (Phi) is 5.16. The van der Waals surface area contributed by atoms with Gasteiger partial charge in [-0.25, -0.2) is 18.6 Å². The number of benzene rings is 3. The van der Waals surface area contributed by atoms with E-state index in [2.05, 4.69) is 4.99 Å². The Hall–Kier alpha value is -3.80. The number of halogens is 2. The molecular formula is C23H15F2NO3. The highest BCUT2D eigenvalue weighted by molar-refractivity contribution is 6.12. The van der Waals surface area contributed by atoms with E-state index in [-0.39, 0.29) is 29.8 Å². The summed E-state index contributed by atoms with van der Waals surface area (Å²) in [6.07, 6.45) is 1.57. The van der Waals surface area contributed by atoms with Crippen molar-refractivity contribution < 1.29 is 23.0 Å². The number of rotatable bonds is 5. The van der Waals surface area contributed by atoms with E-state index in [0.29, 0.717) is 16.9 Å². The summed E-state index contributed by atoms with van der Waals surface area (Å²) < 4.78 is 37.1. The predicted molar refractivity (Wildman–Crippen MR) is 104 cm³/mol. The number of para-hydroxylation sites is 1. The summed E-state index contributed by atoms with van der Waals surface area (Å²) in [5.41, 5.74) is 2.07. The highest BCUT2D eigenvalue weighted by Crippen LogP contribution is 2.25. The zero-order valence-corrected chi connectivity index (χ0v) is 15.1. The number of carbonyl (C=O) groups excluding carboxylic acids is 1. The van der Waals surface area contributed by atoms with Crippen molar-refractivity contribution >= 4 is 17.9 Å². The van der Waals surface area contributed by atoms with Gasteiger partial charge in [0.1, 0.15) is 24.0 Å². The van der Waals surface area contributed by atoms with E-state index in [1.807, 2.05) is 12.1 Å². The molecule has 0 radical (unpaired) electrons. The van der Waals surface area contributed by atoms with Gasteiger partial charge in [0.05, 0.1) is 0 Å². The minimum absolute atomic E-state index is 0.113. The normalized spacial score (nSPS) is 14.6. The molecule has 0 unspecified atom stereocenters. The van der Waals surface area contributed by atoms with Crippen LogP contribution in [0.25, 0.3) is 6.08 Å². The average molecular weight is 391 g/mol. The summed E-state index contributed by atoms with van der Waals surface area (Å²) in [5, 5.41) is 0. The van der Waals surface area contributed by atoms with Crippen LogP contribution in [0, 0.1) is 11.6 Å². The summed E-state index contributed by atoms with van der Waals surface area (Å²) in [5.74, 6) is -0.638. The number of aliphatic imine (C=N–C) groups is 1. The highest BCUT2D eigenvalue weighted by Gasteiger charge is 2.24. The van der Waals surface area contributed by atoms with Crippen LogP contribution in [-0.4, -0.2) is 11.9 Å². The van der Waals surface area contributed by atoms with Crippen molar-refractivity contribution in [2.75, 3.05) is 0 Å². The molecule has 0 bridgehead atoms. The molecule has 4 rings (SSSR count). The fourth-order valence-electron chi connectivity index (χ4n) is 2.75. The van der Waals surface area contributed by atoms with Crippen LogP contribution < -0.4 is 4.74 Å². The van der Waals surface area contributed by atoms with Gasteiger partial charge in [0, 0.05) is 11.1 Å². The Labute approximate surface area is 165 Å². The molecule has 29 heavy (non-hydrogen) atoms. The van der Waals surface area contributed by atoms with Gasteiger partial charge in [-0.3, -0.25) is 0 Å². The molecule has 0 spiro atoms. The van der Waals surface area contributed by atoms with E-state index in [4.69, 9.17) is 9.47 Å². The Morgan fingerprint density at radius 2 is 1.55 bits per heavy atom. The lowest BCUT2D eigenvalue weighted by Crippen LogP contribution is -2.05. The van der Waals surface area contributed by atoms with E-state index in [1.165, 1.54) is 36.4 Å². The number of ether oxygens (including phenoxy) is 2. The third-order valence-electron chi connectivity index (χ3n) is 4.23. The lowest BCUT2D eigenvalue weighted by molar-refractivity contribution is -0.129. The van der Waals surface area contributed by atoms with Crippen molar-refractivity contribution in [3.8, 4) is 5.75 Å². The maximum absolute atomic E-state index is 13.1. The van der Waals surface area contributed by atoms with Gasteiger partial charge in [-0.1, -0.05) is 30.3 Å². The molecule has 6 heteroatoms. The molecule has 0 saturated heterocycles. The standard InChI is InChI=1S/C23H15F2NO3/c24-18-9-5-15(6-10-18)14-28-21-4-2-1-3-17(21)13-20-23(27)29-22(26-20)16-7-11-19(25)12-8-16/h1-13H,14H2. The molecule has 0 saturated carbocycles. The van der Waals surface area contributed by atoms with Crippen LogP contribution in [0.1, 0.15) is 16.7 Å². The van der Waals surface area contributed by atoms with Crippen molar-refractivity contribution in [1.29, 1.82) is 0 Å². The van der Waals surface area contributed by atoms with Crippen molar-refractivity contribution in [1.82, 2.24) is 0 Å². The average Bonchev–Trinajstić information content (AvgIpc) is 3.09. The van der Waals surface area contributed by atoms with Gasteiger partial charge in [0.25, 0.3) is 0 Å². The smallest absolute Gasteiger partial charge is 0.363 e. The Bertz CT molecular complexity index is 1100. The molecule has 0 amide bonds. The summed E-state index contributed by atoms with van der Waals surface area (Å²) >= 11 is 0. The molecule has 0 aromatic heterocycles. The second kappa shape index (κ2) is 8.06. The molecule has 0 aliphatic carbocycles. The summed E-state index contributed by atoms with van der Waals surface area (Å²) in [4.78, 5) is 16.4. The summed E-state index contributed by atoms with van der Waals surface area (Å²) in [6, 6.07) is 18.7. The first-order chi connectivity index (χ1) is 14.1. The second-order valence-corrected chi connectivity index (χ2v) is 6.30. The van der Waals surface area contributed by atoms with Gasteiger partial charge >= 0.3 is 5.97 Å². The first-order valence-corrected chi connectivity index (χ1v) is 8.83. The molecule has 144 valence electrons. The van der Waals surface area contributed by atoms with Crippen molar-refractivity contribution in [2.45, 2.75) is 6.61 Å². The third kappa shape index (κ3) is 4.38. The first kappa shape index (κ1) is 18.6. The molecule has 0 N–H and O–H groups in total. The number of nitrogens with zero attached hydrogens (tertiary/aromatic N) is 1. The predicted octanol–water partition coefficient (Wildman–Crippen LogP) is 4.89. The fraction of sp³-hybridized carbons (Fsp3) is 0.0435. The van der Waals surface area contributed by atoms with Crippen LogP contribution in [0.4, 0.5) is 8.78 Å². The quantitative estimate of drug-likeness (QED) is 0.460. The maximum Gasteiger partial charge on any atom is 0.363 e. The van der Waals surface area contributed by atoms with Crippen LogP contribution >= 0.6 is 0 Å². The SMILES string of the molecule is O=C1OC(c2ccc(F)cc2)=NC1=Cc1ccccc1OCc1ccc(F)cc1. The molecule has 1 heterocycles. The van der Waals surface area contributed by atoms with E-state index in [0.717, 1.165) is 5.56 Å². The van der Waals surface area contributed by atoms with Gasteiger partial charge in [-0.05, 0) is 54.1 Å². The molecule has 0 atom stereocenters. The maximum atomic E-state index is 13.1.